The molecule has 3 aromatic rings. The lowest BCUT2D eigenvalue weighted by atomic mass is 9.97. The Hall–Kier alpha value is -4.19. The number of amides is 1. The van der Waals surface area contributed by atoms with Crippen molar-refractivity contribution in [3.63, 3.8) is 0 Å². The van der Waals surface area contributed by atoms with Crippen molar-refractivity contribution in [1.82, 2.24) is 4.90 Å². The van der Waals surface area contributed by atoms with Crippen molar-refractivity contribution in [2.75, 3.05) is 0 Å². The van der Waals surface area contributed by atoms with E-state index in [9.17, 15) is 9.59 Å². The largest absolute Gasteiger partial charge is 0.451 e. The van der Waals surface area contributed by atoms with Gasteiger partial charge >= 0.3 is 5.97 Å². The smallest absolute Gasteiger partial charge is 0.334 e. The SMILES string of the molecule is C=C(C)[C@H](C(=O)OC(c1ccccc1)c1ccccc1)N1C(=O)[C@@H]2N=C(c3ccc(C)cc3)O[C@@H]21. The number of β-lactam (4-membered cyclic amide) rings is 1. The molecule has 6 nitrogen and oxygen atoms in total. The van der Waals surface area contributed by atoms with Crippen molar-refractivity contribution in [1.29, 1.82) is 0 Å². The summed E-state index contributed by atoms with van der Waals surface area (Å²) in [5.74, 6) is -0.441. The highest BCUT2D eigenvalue weighted by Crippen LogP contribution is 2.36. The molecular formula is C29H26N2O4. The number of likely N-dealkylation sites (tertiary alicyclic amines) is 1. The summed E-state index contributed by atoms with van der Waals surface area (Å²) in [5.41, 5.74) is 4.07. The van der Waals surface area contributed by atoms with Gasteiger partial charge in [0.2, 0.25) is 12.1 Å². The molecule has 0 aliphatic carbocycles. The fourth-order valence-corrected chi connectivity index (χ4v) is 4.41. The molecule has 6 heteroatoms. The van der Waals surface area contributed by atoms with Crippen molar-refractivity contribution in [3.8, 4) is 0 Å². The highest BCUT2D eigenvalue weighted by molar-refractivity contribution is 6.03. The Bertz CT molecular complexity index is 1250. The van der Waals surface area contributed by atoms with E-state index in [1.54, 1.807) is 6.92 Å². The third-order valence-electron chi connectivity index (χ3n) is 6.25. The number of carbonyl (C=O) groups is 2. The Labute approximate surface area is 204 Å². The maximum Gasteiger partial charge on any atom is 0.334 e. The second kappa shape index (κ2) is 9.22. The van der Waals surface area contributed by atoms with Gasteiger partial charge in [0.25, 0.3) is 5.91 Å². The molecule has 3 aromatic carbocycles. The van der Waals surface area contributed by atoms with Crippen LogP contribution in [0.5, 0.6) is 0 Å². The minimum Gasteiger partial charge on any atom is -0.451 e. The Balaban J connectivity index is 1.38. The summed E-state index contributed by atoms with van der Waals surface area (Å²) in [6.07, 6.45) is -1.29. The number of aliphatic imine (C=N–C) groups is 1. The summed E-state index contributed by atoms with van der Waals surface area (Å²) in [6.45, 7) is 7.69. The van der Waals surface area contributed by atoms with E-state index in [1.807, 2.05) is 91.9 Å². The summed E-state index contributed by atoms with van der Waals surface area (Å²) >= 11 is 0. The molecule has 1 amide bonds. The number of carbonyl (C=O) groups excluding carboxylic acids is 2. The van der Waals surface area contributed by atoms with Gasteiger partial charge in [-0.15, -0.1) is 0 Å². The van der Waals surface area contributed by atoms with Crippen molar-refractivity contribution in [2.45, 2.75) is 38.3 Å². The average Bonchev–Trinajstić information content (AvgIpc) is 3.27. The molecule has 1 saturated heterocycles. The van der Waals surface area contributed by atoms with Crippen LogP contribution in [0.1, 0.15) is 35.3 Å². The zero-order valence-corrected chi connectivity index (χ0v) is 19.6. The molecule has 0 bridgehead atoms. The van der Waals surface area contributed by atoms with Crippen LogP contribution >= 0.6 is 0 Å². The minimum atomic E-state index is -0.980. The van der Waals surface area contributed by atoms with Crippen molar-refractivity contribution >= 4 is 17.8 Å². The second-order valence-corrected chi connectivity index (χ2v) is 8.89. The summed E-state index contributed by atoms with van der Waals surface area (Å²) in [6, 6.07) is 25.1. The van der Waals surface area contributed by atoms with Crippen LogP contribution in [0.15, 0.2) is 102 Å². The summed E-state index contributed by atoms with van der Waals surface area (Å²) in [7, 11) is 0. The number of benzene rings is 3. The number of esters is 1. The van der Waals surface area contributed by atoms with Crippen LogP contribution in [0.3, 0.4) is 0 Å². The number of fused-ring (bicyclic) bond motifs is 1. The lowest BCUT2D eigenvalue weighted by Crippen LogP contribution is -2.68. The molecule has 2 heterocycles. The molecular weight excluding hydrogens is 440 g/mol. The van der Waals surface area contributed by atoms with E-state index < -0.39 is 30.4 Å². The number of hydrogen-bond donors (Lipinski definition) is 0. The molecule has 0 aromatic heterocycles. The topological polar surface area (TPSA) is 68.2 Å². The second-order valence-electron chi connectivity index (χ2n) is 8.89. The monoisotopic (exact) mass is 466 g/mol. The van der Waals surface area contributed by atoms with Gasteiger partial charge in [-0.1, -0.05) is 84.9 Å². The van der Waals surface area contributed by atoms with Crippen LogP contribution in [-0.2, 0) is 19.1 Å². The Morgan fingerprint density at radius 3 is 2.09 bits per heavy atom. The molecule has 0 radical (unpaired) electrons. The first-order chi connectivity index (χ1) is 16.9. The maximum absolute atomic E-state index is 13.5. The van der Waals surface area contributed by atoms with Gasteiger partial charge in [0.05, 0.1) is 0 Å². The molecule has 0 spiro atoms. The number of nitrogens with zero attached hydrogens (tertiary/aromatic N) is 2. The highest BCUT2D eigenvalue weighted by atomic mass is 16.6. The minimum absolute atomic E-state index is 0.280. The highest BCUT2D eigenvalue weighted by Gasteiger charge is 2.58. The van der Waals surface area contributed by atoms with Crippen molar-refractivity contribution in [2.24, 2.45) is 4.99 Å². The van der Waals surface area contributed by atoms with Crippen molar-refractivity contribution < 1.29 is 19.1 Å². The van der Waals surface area contributed by atoms with Crippen molar-refractivity contribution in [3.05, 3.63) is 119 Å². The van der Waals surface area contributed by atoms with Crippen LogP contribution in [0.25, 0.3) is 0 Å². The maximum atomic E-state index is 13.5. The number of aryl methyl sites for hydroxylation is 1. The predicted octanol–water partition coefficient (Wildman–Crippen LogP) is 4.59. The fourth-order valence-electron chi connectivity index (χ4n) is 4.41. The summed E-state index contributed by atoms with van der Waals surface area (Å²) in [5, 5.41) is 0. The normalized spacial score (nSPS) is 19.3. The molecule has 2 aliphatic rings. The molecule has 5 rings (SSSR count). The first kappa shape index (κ1) is 22.6. The zero-order valence-electron chi connectivity index (χ0n) is 19.6. The molecule has 3 atom stereocenters. The van der Waals surface area contributed by atoms with E-state index in [2.05, 4.69) is 11.6 Å². The van der Waals surface area contributed by atoms with Gasteiger partial charge < -0.3 is 9.47 Å². The van der Waals surface area contributed by atoms with Gasteiger partial charge in [0.1, 0.15) is 0 Å². The van der Waals surface area contributed by atoms with Crippen LogP contribution in [0.2, 0.25) is 0 Å². The third kappa shape index (κ3) is 4.23. The summed E-state index contributed by atoms with van der Waals surface area (Å²) < 4.78 is 12.1. The zero-order chi connectivity index (χ0) is 24.5. The molecule has 0 saturated carbocycles. The van der Waals surface area contributed by atoms with Crippen LogP contribution in [0, 0.1) is 6.92 Å². The number of hydrogen-bond acceptors (Lipinski definition) is 5. The predicted molar refractivity (Wildman–Crippen MR) is 133 cm³/mol. The molecule has 0 N–H and O–H groups in total. The fraction of sp³-hybridized carbons (Fsp3) is 0.207. The van der Waals surface area contributed by atoms with E-state index >= 15 is 0 Å². The first-order valence-electron chi connectivity index (χ1n) is 11.5. The number of rotatable bonds is 7. The summed E-state index contributed by atoms with van der Waals surface area (Å²) in [4.78, 5) is 32.4. The van der Waals surface area contributed by atoms with Crippen LogP contribution < -0.4 is 0 Å². The van der Waals surface area contributed by atoms with Gasteiger partial charge in [-0.3, -0.25) is 9.69 Å². The van der Waals surface area contributed by atoms with Gasteiger partial charge in [-0.25, -0.2) is 9.79 Å². The van der Waals surface area contributed by atoms with Gasteiger partial charge in [-0.2, -0.15) is 0 Å². The van der Waals surface area contributed by atoms with Gasteiger partial charge in [0, 0.05) is 5.56 Å². The number of ether oxygens (including phenoxy) is 2. The molecule has 35 heavy (non-hydrogen) atoms. The van der Waals surface area contributed by atoms with E-state index in [0.717, 1.165) is 22.3 Å². The third-order valence-corrected chi connectivity index (χ3v) is 6.25. The van der Waals surface area contributed by atoms with Crippen LogP contribution in [-0.4, -0.2) is 41.0 Å². The standard InChI is InChI=1S/C29H26N2O4/c1-18(2)24(29(33)34-25(20-10-6-4-7-11-20)21-12-8-5-9-13-21)31-27(32)23-28(31)35-26(30-23)22-16-14-19(3)15-17-22/h4-17,23-25,28H,1H2,2-3H3/t23-,24+,28-/m0/s1. The van der Waals surface area contributed by atoms with E-state index in [-0.39, 0.29) is 5.91 Å². The lowest BCUT2D eigenvalue weighted by Gasteiger charge is -2.44. The average molecular weight is 467 g/mol. The molecule has 0 unspecified atom stereocenters. The quantitative estimate of drug-likeness (QED) is 0.290. The van der Waals surface area contributed by atoms with E-state index in [4.69, 9.17) is 9.47 Å². The van der Waals surface area contributed by atoms with Gasteiger partial charge in [-0.05, 0) is 42.7 Å². The molecule has 2 aliphatic heterocycles. The molecule has 176 valence electrons. The van der Waals surface area contributed by atoms with E-state index in [1.165, 1.54) is 4.90 Å². The van der Waals surface area contributed by atoms with Gasteiger partial charge in [0.15, 0.2) is 18.2 Å². The Morgan fingerprint density at radius 2 is 1.54 bits per heavy atom. The lowest BCUT2D eigenvalue weighted by molar-refractivity contribution is -0.178. The first-order valence-corrected chi connectivity index (χ1v) is 11.5. The Kier molecular flexibility index (Phi) is 5.95. The van der Waals surface area contributed by atoms with E-state index in [0.29, 0.717) is 11.5 Å². The Morgan fingerprint density at radius 1 is 0.971 bits per heavy atom. The van der Waals surface area contributed by atoms with Crippen LogP contribution in [0.4, 0.5) is 0 Å². The molecule has 1 fully saturated rings.